The molecule has 35 heavy (non-hydrogen) atoms. The minimum atomic E-state index is -0.353. The third-order valence-electron chi connectivity index (χ3n) is 6.77. The van der Waals surface area contributed by atoms with Crippen LogP contribution in [0.25, 0.3) is 11.1 Å². The van der Waals surface area contributed by atoms with Gasteiger partial charge in [0.25, 0.3) is 0 Å². The van der Waals surface area contributed by atoms with E-state index < -0.39 is 0 Å². The molecule has 0 radical (unpaired) electrons. The van der Waals surface area contributed by atoms with Crippen molar-refractivity contribution < 1.29 is 23.0 Å². The highest BCUT2D eigenvalue weighted by molar-refractivity contribution is 5.95. The molecular weight excluding hydrogens is 448 g/mol. The number of methoxy groups -OCH3 is 1. The van der Waals surface area contributed by atoms with Gasteiger partial charge in [-0.2, -0.15) is 0 Å². The molecule has 4 nitrogen and oxygen atoms in total. The molecule has 0 N–H and O–H groups in total. The number of hydrogen-bond acceptors (Lipinski definition) is 4. The van der Waals surface area contributed by atoms with Gasteiger partial charge in [0.2, 0.25) is 0 Å². The summed E-state index contributed by atoms with van der Waals surface area (Å²) in [5.41, 5.74) is 4.89. The number of likely N-dealkylation sites (tertiary alicyclic amines) is 1. The lowest BCUT2D eigenvalue weighted by Gasteiger charge is -2.37. The maximum atomic E-state index is 13.7. The van der Waals surface area contributed by atoms with Crippen molar-refractivity contribution in [3.63, 3.8) is 0 Å². The van der Waals surface area contributed by atoms with Gasteiger partial charge in [-0.3, -0.25) is 9.29 Å². The van der Waals surface area contributed by atoms with E-state index in [0.717, 1.165) is 64.7 Å². The topological polar surface area (TPSA) is 30.9 Å². The number of nitrogens with zero attached hydrogens (tertiary/aromatic N) is 1. The highest BCUT2D eigenvalue weighted by Crippen LogP contribution is 2.47. The Kier molecular flexibility index (Phi) is 6.73. The summed E-state index contributed by atoms with van der Waals surface area (Å²) in [4.78, 5) is 2.20. The standard InChI is InChI=1S/C29H29F2NO3/c1-19-26-15-25(33-2)11-12-27(26)35-29(28(19)21-3-7-23(31)8-4-21)22-5-9-24(10-6-22)34-14-13-32-17-20(16-30)18-32/h3-12,15,20,29H,13-14,16-18H2,1-2H3/t29-/m0/s1. The smallest absolute Gasteiger partial charge is 0.150 e. The van der Waals surface area contributed by atoms with Crippen LogP contribution < -0.4 is 14.2 Å². The molecule has 0 aliphatic carbocycles. The van der Waals surface area contributed by atoms with Crippen molar-refractivity contribution in [1.29, 1.82) is 0 Å². The van der Waals surface area contributed by atoms with Gasteiger partial charge in [-0.15, -0.1) is 0 Å². The van der Waals surface area contributed by atoms with E-state index >= 15 is 0 Å². The zero-order valence-corrected chi connectivity index (χ0v) is 20.0. The number of benzene rings is 3. The first-order valence-corrected chi connectivity index (χ1v) is 11.9. The Hall–Kier alpha value is -3.38. The largest absolute Gasteiger partial charge is 0.497 e. The fraction of sp³-hybridized carbons (Fsp3) is 0.310. The summed E-state index contributed by atoms with van der Waals surface area (Å²) in [7, 11) is 1.64. The Morgan fingerprint density at radius 1 is 0.971 bits per heavy atom. The Bertz CT molecular complexity index is 1200. The lowest BCUT2D eigenvalue weighted by molar-refractivity contribution is 0.0668. The summed E-state index contributed by atoms with van der Waals surface area (Å²) < 4.78 is 44.1. The van der Waals surface area contributed by atoms with Crippen LogP contribution in [0.4, 0.5) is 8.78 Å². The second-order valence-electron chi connectivity index (χ2n) is 9.10. The van der Waals surface area contributed by atoms with E-state index in [1.165, 1.54) is 12.1 Å². The quantitative estimate of drug-likeness (QED) is 0.388. The molecule has 0 spiro atoms. The number of fused-ring (bicyclic) bond motifs is 1. The number of halogens is 2. The zero-order valence-electron chi connectivity index (χ0n) is 20.0. The number of hydrogen-bond donors (Lipinski definition) is 0. The molecule has 1 atom stereocenters. The Morgan fingerprint density at radius 3 is 2.37 bits per heavy atom. The van der Waals surface area contributed by atoms with E-state index in [-0.39, 0.29) is 24.5 Å². The first kappa shape index (κ1) is 23.4. The predicted molar refractivity (Wildman–Crippen MR) is 133 cm³/mol. The third kappa shape index (κ3) is 4.89. The minimum absolute atomic E-state index is 0.183. The second kappa shape index (κ2) is 10.1. The molecule has 0 saturated carbocycles. The van der Waals surface area contributed by atoms with Crippen LogP contribution in [0, 0.1) is 11.7 Å². The van der Waals surface area contributed by atoms with Gasteiger partial charge >= 0.3 is 0 Å². The van der Waals surface area contributed by atoms with Crippen molar-refractivity contribution in [2.24, 2.45) is 5.92 Å². The first-order valence-electron chi connectivity index (χ1n) is 11.9. The van der Waals surface area contributed by atoms with Crippen molar-refractivity contribution >= 4 is 11.1 Å². The van der Waals surface area contributed by atoms with Crippen molar-refractivity contribution in [3.8, 4) is 17.2 Å². The summed E-state index contributed by atoms with van der Waals surface area (Å²) >= 11 is 0. The van der Waals surface area contributed by atoms with Gasteiger partial charge in [0.1, 0.15) is 35.8 Å². The number of rotatable bonds is 8. The van der Waals surface area contributed by atoms with E-state index in [1.54, 1.807) is 19.2 Å². The van der Waals surface area contributed by atoms with Crippen molar-refractivity contribution in [2.75, 3.05) is 40.0 Å². The predicted octanol–water partition coefficient (Wildman–Crippen LogP) is 6.18. The fourth-order valence-corrected chi connectivity index (χ4v) is 4.78. The van der Waals surface area contributed by atoms with Crippen LogP contribution in [0.15, 0.2) is 66.7 Å². The molecule has 0 aromatic heterocycles. The zero-order chi connectivity index (χ0) is 24.4. The van der Waals surface area contributed by atoms with Crippen molar-refractivity contribution in [2.45, 2.75) is 13.0 Å². The highest BCUT2D eigenvalue weighted by atomic mass is 19.1. The van der Waals surface area contributed by atoms with Gasteiger partial charge in [-0.05, 0) is 66.1 Å². The average Bonchev–Trinajstić information content (AvgIpc) is 2.86. The van der Waals surface area contributed by atoms with Crippen LogP contribution in [-0.2, 0) is 0 Å². The average molecular weight is 478 g/mol. The van der Waals surface area contributed by atoms with Gasteiger partial charge in [-0.1, -0.05) is 24.3 Å². The number of alkyl halides is 1. The fourth-order valence-electron chi connectivity index (χ4n) is 4.78. The highest BCUT2D eigenvalue weighted by Gasteiger charge is 2.30. The van der Waals surface area contributed by atoms with Gasteiger partial charge in [0.15, 0.2) is 0 Å². The van der Waals surface area contributed by atoms with E-state index in [1.807, 2.05) is 42.5 Å². The maximum absolute atomic E-state index is 13.7. The van der Waals surface area contributed by atoms with Crippen LogP contribution in [0.5, 0.6) is 17.2 Å². The molecule has 0 unspecified atom stereocenters. The van der Waals surface area contributed by atoms with E-state index in [4.69, 9.17) is 14.2 Å². The normalized spacial score (nSPS) is 18.0. The molecule has 182 valence electrons. The molecule has 2 heterocycles. The van der Waals surface area contributed by atoms with E-state index in [0.29, 0.717) is 6.61 Å². The number of ether oxygens (including phenoxy) is 3. The van der Waals surface area contributed by atoms with Gasteiger partial charge in [-0.25, -0.2) is 4.39 Å². The van der Waals surface area contributed by atoms with Gasteiger partial charge < -0.3 is 14.2 Å². The Labute approximate surface area is 204 Å². The van der Waals surface area contributed by atoms with Crippen molar-refractivity contribution in [3.05, 3.63) is 89.2 Å². The second-order valence-corrected chi connectivity index (χ2v) is 9.10. The monoisotopic (exact) mass is 477 g/mol. The van der Waals surface area contributed by atoms with E-state index in [9.17, 15) is 8.78 Å². The summed E-state index contributed by atoms with van der Waals surface area (Å²) in [5, 5.41) is 0. The van der Waals surface area contributed by atoms with Crippen LogP contribution >= 0.6 is 0 Å². The molecule has 2 aliphatic rings. The molecule has 0 amide bonds. The molecule has 3 aromatic carbocycles. The molecule has 1 saturated heterocycles. The lowest BCUT2D eigenvalue weighted by atomic mass is 9.86. The van der Waals surface area contributed by atoms with Crippen LogP contribution in [0.3, 0.4) is 0 Å². The molecule has 5 rings (SSSR count). The summed E-state index contributed by atoms with van der Waals surface area (Å²) in [5.74, 6) is 2.22. The molecule has 3 aromatic rings. The molecule has 0 bridgehead atoms. The summed E-state index contributed by atoms with van der Waals surface area (Å²) in [6.45, 7) is 4.79. The lowest BCUT2D eigenvalue weighted by Crippen LogP contribution is -2.49. The van der Waals surface area contributed by atoms with Crippen molar-refractivity contribution in [1.82, 2.24) is 4.90 Å². The Balaban J connectivity index is 1.38. The summed E-state index contributed by atoms with van der Waals surface area (Å²) in [6, 6.07) is 20.2. The molecule has 1 fully saturated rings. The third-order valence-corrected chi connectivity index (χ3v) is 6.77. The van der Waals surface area contributed by atoms with Gasteiger partial charge in [0.05, 0.1) is 13.8 Å². The van der Waals surface area contributed by atoms with Crippen LogP contribution in [0.2, 0.25) is 0 Å². The minimum Gasteiger partial charge on any atom is -0.497 e. The summed E-state index contributed by atoms with van der Waals surface area (Å²) in [6.07, 6.45) is -0.353. The molecule has 2 aliphatic heterocycles. The van der Waals surface area contributed by atoms with E-state index in [2.05, 4.69) is 11.8 Å². The number of allylic oxidation sites excluding steroid dienone is 1. The first-order chi connectivity index (χ1) is 17.1. The Morgan fingerprint density at radius 2 is 1.69 bits per heavy atom. The molecule has 6 heteroatoms. The van der Waals surface area contributed by atoms with Gasteiger partial charge in [0, 0.05) is 36.7 Å². The van der Waals surface area contributed by atoms with Crippen LogP contribution in [-0.4, -0.2) is 44.9 Å². The SMILES string of the molecule is COc1ccc2c(c1)C(C)=C(c1ccc(F)cc1)[C@H](c1ccc(OCCN3CC(CF)C3)cc1)O2. The van der Waals surface area contributed by atoms with Crippen LogP contribution in [0.1, 0.15) is 29.7 Å². The molecular formula is C29H29F2NO3. The maximum Gasteiger partial charge on any atom is 0.150 e.